The van der Waals surface area contributed by atoms with Gasteiger partial charge in [0.05, 0.1) is 30.6 Å². The van der Waals surface area contributed by atoms with Crippen LogP contribution in [0.2, 0.25) is 0 Å². The van der Waals surface area contributed by atoms with Crippen molar-refractivity contribution in [1.29, 1.82) is 0 Å². The van der Waals surface area contributed by atoms with E-state index in [-0.39, 0.29) is 0 Å². The van der Waals surface area contributed by atoms with Gasteiger partial charge in [-0.2, -0.15) is 0 Å². The fourth-order valence-corrected chi connectivity index (χ4v) is 4.22. The van der Waals surface area contributed by atoms with Crippen molar-refractivity contribution in [2.75, 3.05) is 19.5 Å². The number of methoxy groups -OCH3 is 2. The van der Waals surface area contributed by atoms with Crippen LogP contribution in [0.1, 0.15) is 25.7 Å². The van der Waals surface area contributed by atoms with Gasteiger partial charge in [-0.25, -0.2) is 9.50 Å². The number of imidazole rings is 1. The number of hydrogen-bond donors (Lipinski definition) is 2. The number of ether oxygens (including phenoxy) is 2. The second kappa shape index (κ2) is 7.40. The summed E-state index contributed by atoms with van der Waals surface area (Å²) >= 11 is 0. The first-order valence-corrected chi connectivity index (χ1v) is 10.1. The number of anilines is 1. The van der Waals surface area contributed by atoms with E-state index in [4.69, 9.17) is 14.6 Å². The maximum Gasteiger partial charge on any atom is 0.154 e. The van der Waals surface area contributed by atoms with E-state index in [2.05, 4.69) is 27.4 Å². The zero-order chi connectivity index (χ0) is 19.8. The molecule has 2 N–H and O–H groups in total. The number of fused-ring (bicyclic) bond motifs is 2. The Morgan fingerprint density at radius 1 is 1.10 bits per heavy atom. The Kier molecular flexibility index (Phi) is 4.60. The van der Waals surface area contributed by atoms with E-state index in [0.29, 0.717) is 12.1 Å². The second-order valence-corrected chi connectivity index (χ2v) is 7.59. The standard InChI is InChI=1S/C22H25N5O2/c1-28-16-8-6-15(7-9-16)24-20-10-11-21-23-13-18(27(21)26-20)17-12-14-4-3-5-19(29-2)22(14)25-17/h3-5,10-13,15-16,25H,6-9H2,1-2H3,(H,24,26). The number of para-hydroxylation sites is 1. The van der Waals surface area contributed by atoms with E-state index in [0.717, 1.165) is 65.2 Å². The molecule has 1 aliphatic carbocycles. The molecule has 5 rings (SSSR count). The van der Waals surface area contributed by atoms with Gasteiger partial charge in [0.15, 0.2) is 5.65 Å². The van der Waals surface area contributed by atoms with Crippen LogP contribution in [0.5, 0.6) is 5.75 Å². The summed E-state index contributed by atoms with van der Waals surface area (Å²) in [4.78, 5) is 7.98. The number of aromatic amines is 1. The average molecular weight is 391 g/mol. The van der Waals surface area contributed by atoms with E-state index in [1.807, 2.05) is 35.0 Å². The summed E-state index contributed by atoms with van der Waals surface area (Å²) in [7, 11) is 3.48. The van der Waals surface area contributed by atoms with Crippen LogP contribution in [0.15, 0.2) is 42.6 Å². The normalized spacial score (nSPS) is 19.7. The lowest BCUT2D eigenvalue weighted by molar-refractivity contribution is 0.0681. The number of nitrogens with one attached hydrogen (secondary N) is 2. The Hall–Kier alpha value is -3.06. The highest BCUT2D eigenvalue weighted by Crippen LogP contribution is 2.30. The topological polar surface area (TPSA) is 76.5 Å². The fourth-order valence-electron chi connectivity index (χ4n) is 4.22. The number of rotatable bonds is 5. The molecule has 3 aromatic heterocycles. The number of hydrogen-bond acceptors (Lipinski definition) is 5. The summed E-state index contributed by atoms with van der Waals surface area (Å²) in [5.41, 5.74) is 3.68. The molecule has 7 heteroatoms. The smallest absolute Gasteiger partial charge is 0.154 e. The van der Waals surface area contributed by atoms with Crippen LogP contribution in [0, 0.1) is 0 Å². The molecule has 0 amide bonds. The highest BCUT2D eigenvalue weighted by atomic mass is 16.5. The minimum absolute atomic E-state index is 0.391. The summed E-state index contributed by atoms with van der Waals surface area (Å²) in [5.74, 6) is 1.69. The molecular formula is C22H25N5O2. The van der Waals surface area contributed by atoms with Crippen LogP contribution in [0.3, 0.4) is 0 Å². The van der Waals surface area contributed by atoms with Gasteiger partial charge in [0.25, 0.3) is 0 Å². The lowest BCUT2D eigenvalue weighted by atomic mass is 9.93. The van der Waals surface area contributed by atoms with Gasteiger partial charge in [0.2, 0.25) is 0 Å². The first-order valence-electron chi connectivity index (χ1n) is 10.1. The van der Waals surface area contributed by atoms with Gasteiger partial charge in [0.1, 0.15) is 17.3 Å². The first-order chi connectivity index (χ1) is 14.2. The zero-order valence-electron chi connectivity index (χ0n) is 16.7. The van der Waals surface area contributed by atoms with Gasteiger partial charge >= 0.3 is 0 Å². The van der Waals surface area contributed by atoms with Crippen molar-refractivity contribution in [3.05, 3.63) is 42.6 Å². The van der Waals surface area contributed by atoms with Gasteiger partial charge in [-0.05, 0) is 49.9 Å². The molecule has 150 valence electrons. The molecule has 1 aliphatic rings. The SMILES string of the molecule is COc1cccc2cc(-c3cnc4ccc(NC5CCC(OC)CC5)nn34)[nH]c12. The third kappa shape index (κ3) is 3.31. The molecule has 0 unspecified atom stereocenters. The molecule has 0 spiro atoms. The molecule has 3 heterocycles. The number of aromatic nitrogens is 4. The van der Waals surface area contributed by atoms with Crippen molar-refractivity contribution >= 4 is 22.4 Å². The summed E-state index contributed by atoms with van der Waals surface area (Å²) < 4.78 is 12.8. The highest BCUT2D eigenvalue weighted by Gasteiger charge is 2.21. The molecule has 0 radical (unpaired) electrons. The Labute approximate surface area is 169 Å². The quantitative estimate of drug-likeness (QED) is 0.532. The van der Waals surface area contributed by atoms with Crippen LogP contribution < -0.4 is 10.1 Å². The van der Waals surface area contributed by atoms with Crippen LogP contribution in [0.4, 0.5) is 5.82 Å². The molecular weight excluding hydrogens is 366 g/mol. The Balaban J connectivity index is 1.46. The minimum Gasteiger partial charge on any atom is -0.495 e. The van der Waals surface area contributed by atoms with Crippen molar-refractivity contribution in [3.63, 3.8) is 0 Å². The molecule has 0 aliphatic heterocycles. The van der Waals surface area contributed by atoms with Crippen molar-refractivity contribution < 1.29 is 9.47 Å². The maximum absolute atomic E-state index is 5.48. The second-order valence-electron chi connectivity index (χ2n) is 7.59. The lowest BCUT2D eigenvalue weighted by Gasteiger charge is -2.28. The van der Waals surface area contributed by atoms with E-state index >= 15 is 0 Å². The van der Waals surface area contributed by atoms with Crippen LogP contribution in [-0.2, 0) is 4.74 Å². The third-order valence-corrected chi connectivity index (χ3v) is 5.84. The van der Waals surface area contributed by atoms with E-state index in [9.17, 15) is 0 Å². The average Bonchev–Trinajstić information content (AvgIpc) is 3.37. The van der Waals surface area contributed by atoms with Crippen molar-refractivity contribution in [2.45, 2.75) is 37.8 Å². The maximum atomic E-state index is 5.48. The molecule has 1 saturated carbocycles. The molecule has 1 fully saturated rings. The van der Waals surface area contributed by atoms with E-state index in [1.54, 1.807) is 14.2 Å². The van der Waals surface area contributed by atoms with E-state index in [1.165, 1.54) is 0 Å². The van der Waals surface area contributed by atoms with E-state index < -0.39 is 0 Å². The van der Waals surface area contributed by atoms with Crippen LogP contribution in [0.25, 0.3) is 27.9 Å². The fraction of sp³-hybridized carbons (Fsp3) is 0.364. The number of H-pyrrole nitrogens is 1. The molecule has 0 atom stereocenters. The van der Waals surface area contributed by atoms with Crippen molar-refractivity contribution in [1.82, 2.24) is 19.6 Å². The largest absolute Gasteiger partial charge is 0.495 e. The van der Waals surface area contributed by atoms with Gasteiger partial charge in [-0.15, -0.1) is 5.10 Å². The molecule has 4 aromatic rings. The predicted molar refractivity (Wildman–Crippen MR) is 114 cm³/mol. The van der Waals surface area contributed by atoms with Crippen molar-refractivity contribution in [3.8, 4) is 17.1 Å². The zero-order valence-corrected chi connectivity index (χ0v) is 16.7. The molecule has 7 nitrogen and oxygen atoms in total. The number of benzene rings is 1. The number of nitrogens with zero attached hydrogens (tertiary/aromatic N) is 3. The first kappa shape index (κ1) is 18.0. The Bertz CT molecular complexity index is 1140. The molecule has 0 bridgehead atoms. The lowest BCUT2D eigenvalue weighted by Crippen LogP contribution is -2.29. The third-order valence-electron chi connectivity index (χ3n) is 5.84. The molecule has 29 heavy (non-hydrogen) atoms. The summed E-state index contributed by atoms with van der Waals surface area (Å²) in [6.07, 6.45) is 6.61. The minimum atomic E-state index is 0.391. The summed E-state index contributed by atoms with van der Waals surface area (Å²) in [5, 5.41) is 9.50. The van der Waals surface area contributed by atoms with Crippen molar-refractivity contribution in [2.24, 2.45) is 0 Å². The Morgan fingerprint density at radius 2 is 1.97 bits per heavy atom. The van der Waals surface area contributed by atoms with Crippen LogP contribution >= 0.6 is 0 Å². The van der Waals surface area contributed by atoms with Gasteiger partial charge < -0.3 is 19.8 Å². The van der Waals surface area contributed by atoms with Gasteiger partial charge in [-0.1, -0.05) is 12.1 Å². The van der Waals surface area contributed by atoms with Gasteiger partial charge in [-0.3, -0.25) is 0 Å². The summed E-state index contributed by atoms with van der Waals surface area (Å²) in [6, 6.07) is 12.6. The van der Waals surface area contributed by atoms with Crippen LogP contribution in [-0.4, -0.2) is 45.9 Å². The predicted octanol–water partition coefficient (Wildman–Crippen LogP) is 4.26. The summed E-state index contributed by atoms with van der Waals surface area (Å²) in [6.45, 7) is 0. The Morgan fingerprint density at radius 3 is 2.76 bits per heavy atom. The highest BCUT2D eigenvalue weighted by molar-refractivity contribution is 5.90. The monoisotopic (exact) mass is 391 g/mol. The molecule has 1 aromatic carbocycles. The van der Waals surface area contributed by atoms with Gasteiger partial charge in [0, 0.05) is 18.5 Å². The molecule has 0 saturated heterocycles.